The number of nitrogens with zero attached hydrogens (tertiary/aromatic N) is 3. The molecule has 0 aliphatic carbocycles. The second-order valence-electron chi connectivity index (χ2n) is 7.92. The number of rotatable bonds is 3. The fraction of sp³-hybridized carbons (Fsp3) is 0.333. The number of aliphatic hydroxyl groups is 1. The molecule has 3 aromatic rings. The van der Waals surface area contributed by atoms with E-state index in [0.29, 0.717) is 16.7 Å². The van der Waals surface area contributed by atoms with E-state index in [1.54, 1.807) is 10.7 Å². The number of benzene rings is 2. The number of aromatic nitrogens is 2. The number of hydrogen-bond acceptors (Lipinski definition) is 4. The van der Waals surface area contributed by atoms with Gasteiger partial charge in [-0.3, -0.25) is 9.80 Å². The molecule has 134 valence electrons. The molecule has 1 aliphatic heterocycles. The lowest BCUT2D eigenvalue weighted by molar-refractivity contribution is 0.0512. The molecule has 2 aromatic carbocycles. The first-order chi connectivity index (χ1) is 12.4. The highest BCUT2D eigenvalue weighted by molar-refractivity contribution is 5.77. The molecule has 0 unspecified atom stereocenters. The van der Waals surface area contributed by atoms with Gasteiger partial charge in [-0.25, -0.2) is 9.66 Å². The molecule has 0 saturated carbocycles. The van der Waals surface area contributed by atoms with Crippen molar-refractivity contribution in [1.82, 2.24) is 9.66 Å². The van der Waals surface area contributed by atoms with E-state index in [1.807, 2.05) is 62.2 Å². The Hall–Kier alpha value is -2.66. The largest absolute Gasteiger partial charge is 0.385 e. The SMILES string of the molecule is CC(C)(C)[C@H](O)c1nc2ccccc2c(=O)n1N1C[C@H]1c1ccccc1. The first-order valence-corrected chi connectivity index (χ1v) is 8.89. The Morgan fingerprint density at radius 2 is 1.73 bits per heavy atom. The highest BCUT2D eigenvalue weighted by Crippen LogP contribution is 2.36. The summed E-state index contributed by atoms with van der Waals surface area (Å²) in [5.41, 5.74) is 1.21. The Balaban J connectivity index is 1.88. The van der Waals surface area contributed by atoms with E-state index in [0.717, 1.165) is 12.1 Å². The van der Waals surface area contributed by atoms with Crippen LogP contribution < -0.4 is 10.6 Å². The molecule has 1 aliphatic rings. The van der Waals surface area contributed by atoms with Crippen LogP contribution in [0.4, 0.5) is 0 Å². The van der Waals surface area contributed by atoms with E-state index in [2.05, 4.69) is 17.1 Å². The minimum Gasteiger partial charge on any atom is -0.385 e. The van der Waals surface area contributed by atoms with Crippen molar-refractivity contribution in [3.05, 3.63) is 76.3 Å². The summed E-state index contributed by atoms with van der Waals surface area (Å²) >= 11 is 0. The molecule has 1 N–H and O–H groups in total. The average molecular weight is 349 g/mol. The molecule has 1 aromatic heterocycles. The van der Waals surface area contributed by atoms with E-state index in [1.165, 1.54) is 0 Å². The average Bonchev–Trinajstić information content (AvgIpc) is 3.41. The molecular weight excluding hydrogens is 326 g/mol. The van der Waals surface area contributed by atoms with Crippen LogP contribution in [-0.4, -0.2) is 21.3 Å². The van der Waals surface area contributed by atoms with Crippen molar-refractivity contribution in [2.75, 3.05) is 11.6 Å². The fourth-order valence-electron chi connectivity index (χ4n) is 3.26. The van der Waals surface area contributed by atoms with E-state index < -0.39 is 11.5 Å². The Morgan fingerprint density at radius 3 is 2.42 bits per heavy atom. The van der Waals surface area contributed by atoms with Crippen molar-refractivity contribution < 1.29 is 5.11 Å². The summed E-state index contributed by atoms with van der Waals surface area (Å²) in [4.78, 5) is 17.9. The standard InChI is InChI=1S/C21H23N3O2/c1-21(2,3)18(25)19-22-16-12-8-7-11-15(16)20(26)24(19)23-13-17(23)14-9-5-4-6-10-14/h4-12,17-18,25H,13H2,1-3H3/t17-,18+,23?/m0/s1. The van der Waals surface area contributed by atoms with Gasteiger partial charge >= 0.3 is 0 Å². The van der Waals surface area contributed by atoms with Crippen LogP contribution >= 0.6 is 0 Å². The summed E-state index contributed by atoms with van der Waals surface area (Å²) in [7, 11) is 0. The summed E-state index contributed by atoms with van der Waals surface area (Å²) in [5, 5.41) is 13.4. The maximum atomic E-state index is 13.2. The van der Waals surface area contributed by atoms with Gasteiger partial charge in [0.05, 0.1) is 23.5 Å². The minimum atomic E-state index is -0.850. The van der Waals surface area contributed by atoms with Gasteiger partial charge in [0.15, 0.2) is 5.82 Å². The molecule has 4 rings (SSSR count). The zero-order valence-corrected chi connectivity index (χ0v) is 15.3. The first kappa shape index (κ1) is 16.8. The Bertz CT molecular complexity index is 1010. The monoisotopic (exact) mass is 349 g/mol. The predicted molar refractivity (Wildman–Crippen MR) is 103 cm³/mol. The van der Waals surface area contributed by atoms with Crippen LogP contribution in [0.15, 0.2) is 59.4 Å². The molecule has 1 saturated heterocycles. The van der Waals surface area contributed by atoms with Crippen molar-refractivity contribution in [1.29, 1.82) is 0 Å². The van der Waals surface area contributed by atoms with Crippen molar-refractivity contribution in [3.8, 4) is 0 Å². The summed E-state index contributed by atoms with van der Waals surface area (Å²) in [5.74, 6) is 0.402. The third-order valence-electron chi connectivity index (χ3n) is 4.87. The van der Waals surface area contributed by atoms with Gasteiger partial charge < -0.3 is 5.11 Å². The molecule has 26 heavy (non-hydrogen) atoms. The predicted octanol–water partition coefficient (Wildman–Crippen LogP) is 3.17. The van der Waals surface area contributed by atoms with Gasteiger partial charge in [-0.1, -0.05) is 63.2 Å². The summed E-state index contributed by atoms with van der Waals surface area (Å²) in [6.45, 7) is 6.56. The van der Waals surface area contributed by atoms with Gasteiger partial charge in [0.1, 0.15) is 6.10 Å². The normalized spacial score (nSPS) is 18.2. The molecule has 0 radical (unpaired) electrons. The van der Waals surface area contributed by atoms with Gasteiger partial charge in [0.25, 0.3) is 5.56 Å². The van der Waals surface area contributed by atoms with Crippen LogP contribution in [0.3, 0.4) is 0 Å². The molecule has 2 heterocycles. The molecule has 5 nitrogen and oxygen atoms in total. The topological polar surface area (TPSA) is 58.1 Å². The lowest BCUT2D eigenvalue weighted by Gasteiger charge is -2.28. The second kappa shape index (κ2) is 5.95. The van der Waals surface area contributed by atoms with E-state index >= 15 is 0 Å². The summed E-state index contributed by atoms with van der Waals surface area (Å²) in [6.07, 6.45) is -0.850. The van der Waals surface area contributed by atoms with Crippen molar-refractivity contribution in [2.24, 2.45) is 5.41 Å². The highest BCUT2D eigenvalue weighted by atomic mass is 16.3. The molecule has 0 amide bonds. The van der Waals surface area contributed by atoms with Gasteiger partial charge in [0, 0.05) is 0 Å². The number of fused-ring (bicyclic) bond motifs is 1. The maximum absolute atomic E-state index is 13.2. The quantitative estimate of drug-likeness (QED) is 0.738. The van der Waals surface area contributed by atoms with Crippen LogP contribution in [0.5, 0.6) is 0 Å². The lowest BCUT2D eigenvalue weighted by atomic mass is 9.88. The first-order valence-electron chi connectivity index (χ1n) is 8.89. The van der Waals surface area contributed by atoms with Gasteiger partial charge in [-0.15, -0.1) is 0 Å². The number of aliphatic hydroxyl groups excluding tert-OH is 1. The molecule has 1 fully saturated rings. The number of para-hydroxylation sites is 1. The third-order valence-corrected chi connectivity index (χ3v) is 4.87. The molecule has 2 atom stereocenters. The summed E-state index contributed by atoms with van der Waals surface area (Å²) in [6, 6.07) is 17.5. The molecule has 0 spiro atoms. The van der Waals surface area contributed by atoms with Gasteiger partial charge in [0.2, 0.25) is 0 Å². The van der Waals surface area contributed by atoms with Gasteiger partial charge in [-0.2, -0.15) is 0 Å². The van der Waals surface area contributed by atoms with Gasteiger partial charge in [-0.05, 0) is 23.1 Å². The van der Waals surface area contributed by atoms with Crippen LogP contribution in [0.25, 0.3) is 10.9 Å². The fourth-order valence-corrected chi connectivity index (χ4v) is 3.26. The van der Waals surface area contributed by atoms with Crippen molar-refractivity contribution in [3.63, 3.8) is 0 Å². The highest BCUT2D eigenvalue weighted by Gasteiger charge is 2.40. The smallest absolute Gasteiger partial charge is 0.280 e. The van der Waals surface area contributed by atoms with E-state index in [-0.39, 0.29) is 11.6 Å². The minimum absolute atomic E-state index is 0.128. The summed E-state index contributed by atoms with van der Waals surface area (Å²) < 4.78 is 1.58. The third kappa shape index (κ3) is 2.78. The van der Waals surface area contributed by atoms with Crippen LogP contribution in [0.2, 0.25) is 0 Å². The number of hydrogen-bond donors (Lipinski definition) is 1. The van der Waals surface area contributed by atoms with Crippen molar-refractivity contribution in [2.45, 2.75) is 32.9 Å². The van der Waals surface area contributed by atoms with E-state index in [9.17, 15) is 9.90 Å². The molecular formula is C21H23N3O2. The van der Waals surface area contributed by atoms with Crippen molar-refractivity contribution >= 4 is 10.9 Å². The zero-order valence-electron chi connectivity index (χ0n) is 15.3. The molecule has 0 bridgehead atoms. The Morgan fingerprint density at radius 1 is 1.08 bits per heavy atom. The van der Waals surface area contributed by atoms with Crippen LogP contribution in [-0.2, 0) is 0 Å². The van der Waals surface area contributed by atoms with Crippen LogP contribution in [0, 0.1) is 5.41 Å². The van der Waals surface area contributed by atoms with E-state index in [4.69, 9.17) is 0 Å². The second-order valence-corrected chi connectivity index (χ2v) is 7.92. The zero-order chi connectivity index (χ0) is 18.5. The Labute approximate surface area is 152 Å². The van der Waals surface area contributed by atoms with Crippen LogP contribution in [0.1, 0.15) is 44.3 Å². The Kier molecular flexibility index (Phi) is 3.84. The lowest BCUT2D eigenvalue weighted by Crippen LogP contribution is -2.36. The maximum Gasteiger partial charge on any atom is 0.280 e. The molecule has 5 heteroatoms.